The third-order valence-electron chi connectivity index (χ3n) is 2.46. The summed E-state index contributed by atoms with van der Waals surface area (Å²) < 4.78 is 0. The van der Waals surface area contributed by atoms with Crippen LogP contribution in [0.25, 0.3) is 0 Å². The Bertz CT molecular complexity index is 110. The molecule has 2 heteroatoms. The lowest BCUT2D eigenvalue weighted by Crippen LogP contribution is -2.38. The molecule has 0 aliphatic heterocycles. The molecule has 0 spiro atoms. The van der Waals surface area contributed by atoms with Gasteiger partial charge < -0.3 is 5.73 Å². The topological polar surface area (TPSA) is 29.3 Å². The third-order valence-corrected chi connectivity index (χ3v) is 2.46. The first-order valence-corrected chi connectivity index (χ1v) is 4.77. The lowest BCUT2D eigenvalue weighted by Gasteiger charge is -2.22. The summed E-state index contributed by atoms with van der Waals surface area (Å²) in [6.07, 6.45) is 3.89. The molecular formula is C9H20N2. The molecule has 1 aliphatic rings. The fourth-order valence-corrected chi connectivity index (χ4v) is 1.41. The highest BCUT2D eigenvalue weighted by Gasteiger charge is 2.28. The van der Waals surface area contributed by atoms with Crippen LogP contribution < -0.4 is 5.73 Å². The van der Waals surface area contributed by atoms with Crippen molar-refractivity contribution in [3.8, 4) is 0 Å². The van der Waals surface area contributed by atoms with E-state index in [4.69, 9.17) is 5.73 Å². The third kappa shape index (κ3) is 2.80. The zero-order valence-corrected chi connectivity index (χ0v) is 7.71. The smallest absolute Gasteiger partial charge is 0.0165 e. The van der Waals surface area contributed by atoms with Crippen LogP contribution in [-0.2, 0) is 0 Å². The lowest BCUT2D eigenvalue weighted by atomic mass is 10.2. The summed E-state index contributed by atoms with van der Waals surface area (Å²) in [5.41, 5.74) is 5.87. The largest absolute Gasteiger partial charge is 0.327 e. The van der Waals surface area contributed by atoms with E-state index in [1.807, 2.05) is 0 Å². The number of likely N-dealkylation sites (N-methyl/N-ethyl adjacent to an activating group) is 1. The molecule has 1 rings (SSSR count). The Morgan fingerprint density at radius 2 is 2.09 bits per heavy atom. The molecule has 2 nitrogen and oxygen atoms in total. The van der Waals surface area contributed by atoms with Crippen LogP contribution in [0.15, 0.2) is 0 Å². The van der Waals surface area contributed by atoms with Crippen molar-refractivity contribution in [2.24, 2.45) is 5.73 Å². The average Bonchev–Trinajstić information content (AvgIpc) is 2.82. The van der Waals surface area contributed by atoms with Crippen molar-refractivity contribution in [3.05, 3.63) is 0 Å². The van der Waals surface area contributed by atoms with E-state index in [-0.39, 0.29) is 0 Å². The maximum absolute atomic E-state index is 5.87. The number of rotatable bonds is 5. The van der Waals surface area contributed by atoms with Crippen LogP contribution in [-0.4, -0.2) is 30.1 Å². The molecule has 1 unspecified atom stereocenters. The minimum Gasteiger partial charge on any atom is -0.327 e. The van der Waals surface area contributed by atoms with Crippen LogP contribution in [0.5, 0.6) is 0 Å². The van der Waals surface area contributed by atoms with Gasteiger partial charge >= 0.3 is 0 Å². The van der Waals surface area contributed by atoms with Crippen molar-refractivity contribution in [2.75, 3.05) is 13.1 Å². The molecule has 1 atom stereocenters. The second-order valence-corrected chi connectivity index (χ2v) is 3.49. The van der Waals surface area contributed by atoms with Crippen molar-refractivity contribution < 1.29 is 0 Å². The fourth-order valence-electron chi connectivity index (χ4n) is 1.41. The zero-order chi connectivity index (χ0) is 8.27. The monoisotopic (exact) mass is 156 g/mol. The van der Waals surface area contributed by atoms with Gasteiger partial charge in [0.2, 0.25) is 0 Å². The van der Waals surface area contributed by atoms with Gasteiger partial charge in [0.25, 0.3) is 0 Å². The second-order valence-electron chi connectivity index (χ2n) is 3.49. The molecule has 0 bridgehead atoms. The van der Waals surface area contributed by atoms with Crippen LogP contribution in [0.3, 0.4) is 0 Å². The standard InChI is InChI=1S/C9H20N2/c1-3-8(10)7-11(4-2)9-5-6-9/h8-9H,3-7,10H2,1-2H3. The maximum atomic E-state index is 5.87. The van der Waals surface area contributed by atoms with Gasteiger partial charge in [-0.3, -0.25) is 4.90 Å². The normalized spacial score (nSPS) is 20.7. The van der Waals surface area contributed by atoms with E-state index in [1.165, 1.54) is 19.4 Å². The Morgan fingerprint density at radius 3 is 2.45 bits per heavy atom. The summed E-state index contributed by atoms with van der Waals surface area (Å²) in [6, 6.07) is 1.26. The predicted molar refractivity (Wildman–Crippen MR) is 48.5 cm³/mol. The summed E-state index contributed by atoms with van der Waals surface area (Å²) >= 11 is 0. The van der Waals surface area contributed by atoms with Crippen molar-refractivity contribution in [1.29, 1.82) is 0 Å². The van der Waals surface area contributed by atoms with Gasteiger partial charge in [-0.25, -0.2) is 0 Å². The molecule has 0 aromatic heterocycles. The second kappa shape index (κ2) is 4.07. The highest BCUT2D eigenvalue weighted by atomic mass is 15.2. The molecule has 2 N–H and O–H groups in total. The van der Waals surface area contributed by atoms with Gasteiger partial charge in [0.1, 0.15) is 0 Å². The highest BCUT2D eigenvalue weighted by molar-refractivity contribution is 4.85. The zero-order valence-electron chi connectivity index (χ0n) is 7.71. The molecule has 0 radical (unpaired) electrons. The molecule has 66 valence electrons. The lowest BCUT2D eigenvalue weighted by molar-refractivity contribution is 0.257. The summed E-state index contributed by atoms with van der Waals surface area (Å²) in [7, 11) is 0. The minimum atomic E-state index is 0.385. The van der Waals surface area contributed by atoms with Crippen LogP contribution in [0, 0.1) is 0 Å². The molecule has 0 aromatic carbocycles. The van der Waals surface area contributed by atoms with Gasteiger partial charge in [0, 0.05) is 18.6 Å². The quantitative estimate of drug-likeness (QED) is 0.648. The molecule has 1 fully saturated rings. The summed E-state index contributed by atoms with van der Waals surface area (Å²) in [6.45, 7) is 6.64. The predicted octanol–water partition coefficient (Wildman–Crippen LogP) is 1.21. The van der Waals surface area contributed by atoms with Crippen LogP contribution >= 0.6 is 0 Å². The molecule has 0 aromatic rings. The van der Waals surface area contributed by atoms with E-state index < -0.39 is 0 Å². The first-order valence-electron chi connectivity index (χ1n) is 4.77. The van der Waals surface area contributed by atoms with E-state index >= 15 is 0 Å². The molecule has 0 saturated heterocycles. The van der Waals surface area contributed by atoms with Gasteiger partial charge in [0.15, 0.2) is 0 Å². The summed E-state index contributed by atoms with van der Waals surface area (Å²) in [5, 5.41) is 0. The van der Waals surface area contributed by atoms with Gasteiger partial charge in [-0.05, 0) is 25.8 Å². The van der Waals surface area contributed by atoms with Crippen molar-refractivity contribution in [1.82, 2.24) is 4.90 Å². The Hall–Kier alpha value is -0.0800. The summed E-state index contributed by atoms with van der Waals surface area (Å²) in [4.78, 5) is 2.51. The molecule has 0 heterocycles. The Morgan fingerprint density at radius 1 is 1.45 bits per heavy atom. The van der Waals surface area contributed by atoms with Gasteiger partial charge in [0.05, 0.1) is 0 Å². The molecule has 1 aliphatic carbocycles. The van der Waals surface area contributed by atoms with Crippen LogP contribution in [0.2, 0.25) is 0 Å². The number of nitrogens with two attached hydrogens (primary N) is 1. The minimum absolute atomic E-state index is 0.385. The van der Waals surface area contributed by atoms with Gasteiger partial charge in [-0.2, -0.15) is 0 Å². The van der Waals surface area contributed by atoms with E-state index in [0.29, 0.717) is 6.04 Å². The fraction of sp³-hybridized carbons (Fsp3) is 1.00. The first-order chi connectivity index (χ1) is 5.27. The van der Waals surface area contributed by atoms with Gasteiger partial charge in [-0.1, -0.05) is 13.8 Å². The van der Waals surface area contributed by atoms with Crippen molar-refractivity contribution >= 4 is 0 Å². The molecular weight excluding hydrogens is 136 g/mol. The average molecular weight is 156 g/mol. The Kier molecular flexibility index (Phi) is 3.34. The van der Waals surface area contributed by atoms with E-state index in [2.05, 4.69) is 18.7 Å². The van der Waals surface area contributed by atoms with E-state index in [1.54, 1.807) is 0 Å². The molecule has 0 amide bonds. The van der Waals surface area contributed by atoms with Crippen LogP contribution in [0.4, 0.5) is 0 Å². The Balaban J connectivity index is 2.19. The molecule has 11 heavy (non-hydrogen) atoms. The maximum Gasteiger partial charge on any atom is 0.0165 e. The molecule has 1 saturated carbocycles. The highest BCUT2D eigenvalue weighted by Crippen LogP contribution is 2.26. The first kappa shape index (κ1) is 9.01. The number of hydrogen-bond acceptors (Lipinski definition) is 2. The van der Waals surface area contributed by atoms with E-state index in [0.717, 1.165) is 19.0 Å². The van der Waals surface area contributed by atoms with Crippen molar-refractivity contribution in [3.63, 3.8) is 0 Å². The SMILES string of the molecule is CCC(N)CN(CC)C1CC1. The summed E-state index contributed by atoms with van der Waals surface area (Å²) in [5.74, 6) is 0. The Labute approximate surface area is 69.8 Å². The van der Waals surface area contributed by atoms with Crippen LogP contribution in [0.1, 0.15) is 33.1 Å². The number of hydrogen-bond donors (Lipinski definition) is 1. The number of nitrogens with zero attached hydrogens (tertiary/aromatic N) is 1. The van der Waals surface area contributed by atoms with Gasteiger partial charge in [-0.15, -0.1) is 0 Å². The van der Waals surface area contributed by atoms with Crippen molar-refractivity contribution in [2.45, 2.75) is 45.2 Å². The van der Waals surface area contributed by atoms with E-state index in [9.17, 15) is 0 Å².